The molecule has 0 fully saturated rings. The predicted molar refractivity (Wildman–Crippen MR) is 96.7 cm³/mol. The lowest BCUT2D eigenvalue weighted by Gasteiger charge is -2.00. The van der Waals surface area contributed by atoms with Gasteiger partial charge < -0.3 is 9.73 Å². The van der Waals surface area contributed by atoms with Crippen molar-refractivity contribution in [3.05, 3.63) is 71.1 Å². The molecule has 5 heteroatoms. The summed E-state index contributed by atoms with van der Waals surface area (Å²) in [6, 6.07) is 11.9. The molecule has 3 aromatic rings. The second-order valence-corrected chi connectivity index (χ2v) is 6.26. The van der Waals surface area contributed by atoms with Crippen LogP contribution in [0.5, 0.6) is 0 Å². The van der Waals surface area contributed by atoms with Gasteiger partial charge in [0.2, 0.25) is 5.91 Å². The molecule has 0 atom stereocenters. The Kier molecular flexibility index (Phi) is 5.23. The lowest BCUT2D eigenvalue weighted by molar-refractivity contribution is -0.116. The Morgan fingerprint density at radius 1 is 1.33 bits per heavy atom. The van der Waals surface area contributed by atoms with Crippen molar-refractivity contribution in [2.45, 2.75) is 13.3 Å². The third-order valence-corrected chi connectivity index (χ3v) is 4.38. The molecule has 122 valence electrons. The number of rotatable bonds is 6. The van der Waals surface area contributed by atoms with Crippen molar-refractivity contribution in [1.29, 1.82) is 0 Å². The van der Waals surface area contributed by atoms with Gasteiger partial charge in [-0.05, 0) is 31.2 Å². The first kappa shape index (κ1) is 16.2. The van der Waals surface area contributed by atoms with Crippen molar-refractivity contribution in [3.63, 3.8) is 0 Å². The van der Waals surface area contributed by atoms with Gasteiger partial charge in [0.15, 0.2) is 0 Å². The van der Waals surface area contributed by atoms with E-state index in [1.165, 1.54) is 11.6 Å². The monoisotopic (exact) mass is 338 g/mol. The van der Waals surface area contributed by atoms with Crippen LogP contribution in [0.2, 0.25) is 0 Å². The lowest BCUT2D eigenvalue weighted by Crippen LogP contribution is -2.23. The number of nitrogens with zero attached hydrogens (tertiary/aromatic N) is 1. The van der Waals surface area contributed by atoms with Crippen LogP contribution in [-0.4, -0.2) is 17.4 Å². The van der Waals surface area contributed by atoms with Crippen LogP contribution in [0.1, 0.15) is 17.0 Å². The highest BCUT2D eigenvalue weighted by Crippen LogP contribution is 2.24. The summed E-state index contributed by atoms with van der Waals surface area (Å²) in [6.45, 7) is 2.63. The molecule has 0 bridgehead atoms. The topological polar surface area (TPSA) is 55.1 Å². The molecular formula is C19H18N2O2S. The van der Waals surface area contributed by atoms with Crippen LogP contribution < -0.4 is 5.32 Å². The lowest BCUT2D eigenvalue weighted by atomic mass is 10.1. The normalized spacial score (nSPS) is 11.0. The highest BCUT2D eigenvalue weighted by Gasteiger charge is 2.05. The molecule has 2 aromatic heterocycles. The Hall–Kier alpha value is -2.66. The van der Waals surface area contributed by atoms with Crippen molar-refractivity contribution in [2.24, 2.45) is 0 Å². The molecule has 0 saturated heterocycles. The fourth-order valence-electron chi connectivity index (χ4n) is 2.25. The van der Waals surface area contributed by atoms with Crippen molar-refractivity contribution >= 4 is 23.3 Å². The SMILES string of the molecule is Cc1cccc(-c2nc(CCNC(=O)C=Cc3ccco3)cs2)c1. The van der Waals surface area contributed by atoms with Crippen LogP contribution in [0.4, 0.5) is 0 Å². The number of nitrogens with one attached hydrogen (secondary N) is 1. The smallest absolute Gasteiger partial charge is 0.244 e. The second kappa shape index (κ2) is 7.75. The maximum absolute atomic E-state index is 11.7. The molecule has 0 unspecified atom stereocenters. The number of carbonyl (C=O) groups is 1. The number of aryl methyl sites for hydroxylation is 1. The molecule has 1 N–H and O–H groups in total. The van der Waals surface area contributed by atoms with Crippen LogP contribution in [0.3, 0.4) is 0 Å². The van der Waals surface area contributed by atoms with Crippen LogP contribution >= 0.6 is 11.3 Å². The Morgan fingerprint density at radius 3 is 3.04 bits per heavy atom. The van der Waals surface area contributed by atoms with E-state index >= 15 is 0 Å². The number of benzene rings is 1. The van der Waals surface area contributed by atoms with Gasteiger partial charge in [0.1, 0.15) is 10.8 Å². The molecule has 0 saturated carbocycles. The molecule has 2 heterocycles. The summed E-state index contributed by atoms with van der Waals surface area (Å²) in [7, 11) is 0. The Bertz CT molecular complexity index is 835. The number of carbonyl (C=O) groups excluding carboxylic acids is 1. The zero-order valence-corrected chi connectivity index (χ0v) is 14.2. The van der Waals surface area contributed by atoms with Crippen LogP contribution in [0.25, 0.3) is 16.6 Å². The maximum atomic E-state index is 11.7. The minimum atomic E-state index is -0.138. The first-order valence-corrected chi connectivity index (χ1v) is 8.59. The molecule has 0 aliphatic heterocycles. The molecule has 0 radical (unpaired) electrons. The van der Waals surface area contributed by atoms with Crippen LogP contribution in [0, 0.1) is 6.92 Å². The number of furan rings is 1. The number of hydrogen-bond donors (Lipinski definition) is 1. The highest BCUT2D eigenvalue weighted by molar-refractivity contribution is 7.13. The molecule has 4 nitrogen and oxygen atoms in total. The van der Waals surface area contributed by atoms with Gasteiger partial charge in [-0.3, -0.25) is 4.79 Å². The first-order chi connectivity index (χ1) is 11.7. The van der Waals surface area contributed by atoms with Gasteiger partial charge in [0.25, 0.3) is 0 Å². The molecule has 1 amide bonds. The molecule has 1 aromatic carbocycles. The van der Waals surface area contributed by atoms with Crippen LogP contribution in [-0.2, 0) is 11.2 Å². The first-order valence-electron chi connectivity index (χ1n) is 7.71. The zero-order valence-electron chi connectivity index (χ0n) is 13.4. The Labute approximate surface area is 144 Å². The van der Waals surface area contributed by atoms with Gasteiger partial charge in [-0.15, -0.1) is 11.3 Å². The van der Waals surface area contributed by atoms with E-state index in [1.807, 2.05) is 11.4 Å². The molecule has 3 rings (SSSR count). The number of amides is 1. The standard InChI is InChI=1S/C19H18N2O2S/c1-14-4-2-5-15(12-14)19-21-16(13-24-19)9-10-20-18(22)8-7-17-6-3-11-23-17/h2-8,11-13H,9-10H2,1H3,(H,20,22). The number of aromatic nitrogens is 1. The molecule has 0 aliphatic carbocycles. The fraction of sp³-hybridized carbons (Fsp3) is 0.158. The van der Waals surface area contributed by atoms with Gasteiger partial charge >= 0.3 is 0 Å². The fourth-order valence-corrected chi connectivity index (χ4v) is 3.10. The zero-order chi connectivity index (χ0) is 16.8. The van der Waals surface area contributed by atoms with Gasteiger partial charge in [0.05, 0.1) is 12.0 Å². The summed E-state index contributed by atoms with van der Waals surface area (Å²) in [5.74, 6) is 0.521. The van der Waals surface area contributed by atoms with E-state index < -0.39 is 0 Å². The van der Waals surface area contributed by atoms with E-state index in [2.05, 4.69) is 35.4 Å². The summed E-state index contributed by atoms with van der Waals surface area (Å²) >= 11 is 1.63. The van der Waals surface area contributed by atoms with Crippen molar-refractivity contribution in [2.75, 3.05) is 6.54 Å². The summed E-state index contributed by atoms with van der Waals surface area (Å²) < 4.78 is 5.14. The van der Waals surface area contributed by atoms with Gasteiger partial charge in [-0.25, -0.2) is 4.98 Å². The molecular weight excluding hydrogens is 320 g/mol. The van der Waals surface area contributed by atoms with E-state index in [4.69, 9.17) is 4.42 Å². The van der Waals surface area contributed by atoms with Gasteiger partial charge in [-0.1, -0.05) is 23.8 Å². The maximum Gasteiger partial charge on any atom is 0.244 e. The summed E-state index contributed by atoms with van der Waals surface area (Å²) in [5, 5.41) is 5.90. The summed E-state index contributed by atoms with van der Waals surface area (Å²) in [5.41, 5.74) is 3.35. The summed E-state index contributed by atoms with van der Waals surface area (Å²) in [6.07, 6.45) is 5.40. The summed E-state index contributed by atoms with van der Waals surface area (Å²) in [4.78, 5) is 16.4. The Morgan fingerprint density at radius 2 is 2.25 bits per heavy atom. The molecule has 0 aliphatic rings. The third kappa shape index (κ3) is 4.43. The quantitative estimate of drug-likeness (QED) is 0.689. The Balaban J connectivity index is 1.50. The molecule has 0 spiro atoms. The van der Waals surface area contributed by atoms with Crippen LogP contribution in [0.15, 0.2) is 58.5 Å². The minimum Gasteiger partial charge on any atom is -0.465 e. The van der Waals surface area contributed by atoms with E-state index in [9.17, 15) is 4.79 Å². The predicted octanol–water partition coefficient (Wildman–Crippen LogP) is 4.08. The van der Waals surface area contributed by atoms with E-state index in [0.29, 0.717) is 18.7 Å². The van der Waals surface area contributed by atoms with E-state index in [1.54, 1.807) is 35.8 Å². The van der Waals surface area contributed by atoms with Crippen molar-refractivity contribution < 1.29 is 9.21 Å². The van der Waals surface area contributed by atoms with E-state index in [-0.39, 0.29) is 5.91 Å². The largest absolute Gasteiger partial charge is 0.465 e. The van der Waals surface area contributed by atoms with Crippen molar-refractivity contribution in [1.82, 2.24) is 10.3 Å². The third-order valence-electron chi connectivity index (χ3n) is 3.44. The minimum absolute atomic E-state index is 0.138. The van der Waals surface area contributed by atoms with Gasteiger partial charge in [-0.2, -0.15) is 0 Å². The van der Waals surface area contributed by atoms with Gasteiger partial charge in [0, 0.05) is 30.0 Å². The number of hydrogen-bond acceptors (Lipinski definition) is 4. The second-order valence-electron chi connectivity index (χ2n) is 5.40. The van der Waals surface area contributed by atoms with Crippen molar-refractivity contribution in [3.8, 4) is 10.6 Å². The highest BCUT2D eigenvalue weighted by atomic mass is 32.1. The van der Waals surface area contributed by atoms with E-state index in [0.717, 1.165) is 16.3 Å². The molecule has 24 heavy (non-hydrogen) atoms. The average molecular weight is 338 g/mol. The average Bonchev–Trinajstić information content (AvgIpc) is 3.25. The number of thiazole rings is 1.